The lowest BCUT2D eigenvalue weighted by Gasteiger charge is -2.29. The van der Waals surface area contributed by atoms with Crippen LogP contribution in [0.5, 0.6) is 0 Å². The number of H-pyrrole nitrogens is 1. The van der Waals surface area contributed by atoms with Gasteiger partial charge in [0.1, 0.15) is 18.2 Å². The lowest BCUT2D eigenvalue weighted by atomic mass is 10.0. The minimum absolute atomic E-state index is 0.145. The number of para-hydroxylation sites is 1. The predicted molar refractivity (Wildman–Crippen MR) is 116 cm³/mol. The number of benzene rings is 2. The predicted octanol–water partition coefficient (Wildman–Crippen LogP) is 4.69. The van der Waals surface area contributed by atoms with Gasteiger partial charge in [-0.05, 0) is 38.0 Å². The number of fused-ring (bicyclic) bond motifs is 1. The maximum atomic E-state index is 13.0. The van der Waals surface area contributed by atoms with Gasteiger partial charge in [0, 0.05) is 30.6 Å². The Balaban J connectivity index is 1.81. The summed E-state index contributed by atoms with van der Waals surface area (Å²) < 4.78 is 11.0. The van der Waals surface area contributed by atoms with Gasteiger partial charge in [0.25, 0.3) is 0 Å². The standard InChI is InChI=1S/C24H28N2O4/c1-24(2,3)30-23(28)26(4)21(22(27)29-16-17-10-6-5-7-11-17)14-18-15-25-20-13-9-8-12-19(18)20/h5-13,15,21,25H,14,16H2,1-4H3. The molecule has 1 heterocycles. The summed E-state index contributed by atoms with van der Waals surface area (Å²) in [5.41, 5.74) is 2.13. The minimum Gasteiger partial charge on any atom is -0.459 e. The number of amides is 1. The first kappa shape index (κ1) is 21.4. The molecule has 3 aromatic rings. The normalized spacial score (nSPS) is 12.4. The van der Waals surface area contributed by atoms with E-state index in [0.717, 1.165) is 22.0 Å². The van der Waals surface area contributed by atoms with Gasteiger partial charge in [0.05, 0.1) is 0 Å². The summed E-state index contributed by atoms with van der Waals surface area (Å²) in [6.45, 7) is 5.52. The Morgan fingerprint density at radius 1 is 1.03 bits per heavy atom. The molecule has 1 unspecified atom stereocenters. The molecule has 0 aliphatic rings. The van der Waals surface area contributed by atoms with Crippen molar-refractivity contribution < 1.29 is 19.1 Å². The molecule has 1 amide bonds. The van der Waals surface area contributed by atoms with E-state index in [4.69, 9.17) is 9.47 Å². The first-order chi connectivity index (χ1) is 14.2. The van der Waals surface area contributed by atoms with Gasteiger partial charge in [-0.2, -0.15) is 0 Å². The average Bonchev–Trinajstić information content (AvgIpc) is 3.12. The van der Waals surface area contributed by atoms with Crippen LogP contribution in [0, 0.1) is 0 Å². The molecule has 0 bridgehead atoms. The summed E-state index contributed by atoms with van der Waals surface area (Å²) in [7, 11) is 1.57. The number of nitrogens with one attached hydrogen (secondary N) is 1. The van der Waals surface area contributed by atoms with Crippen LogP contribution in [0.25, 0.3) is 10.9 Å². The zero-order valence-corrected chi connectivity index (χ0v) is 17.8. The SMILES string of the molecule is CN(C(=O)OC(C)(C)C)C(Cc1c[nH]c2ccccc12)C(=O)OCc1ccccc1. The molecule has 158 valence electrons. The second kappa shape index (κ2) is 9.03. The summed E-state index contributed by atoms with van der Waals surface area (Å²) in [6.07, 6.45) is 1.61. The van der Waals surface area contributed by atoms with Gasteiger partial charge in [-0.1, -0.05) is 48.5 Å². The monoisotopic (exact) mass is 408 g/mol. The third-order valence-corrected chi connectivity index (χ3v) is 4.73. The highest BCUT2D eigenvalue weighted by atomic mass is 16.6. The summed E-state index contributed by atoms with van der Waals surface area (Å²) >= 11 is 0. The molecule has 0 saturated heterocycles. The number of likely N-dealkylation sites (N-methyl/N-ethyl adjacent to an activating group) is 1. The van der Waals surface area contributed by atoms with E-state index in [0.29, 0.717) is 6.42 Å². The topological polar surface area (TPSA) is 71.6 Å². The van der Waals surface area contributed by atoms with Crippen LogP contribution in [0.15, 0.2) is 60.8 Å². The Morgan fingerprint density at radius 2 is 1.70 bits per heavy atom. The number of nitrogens with zero attached hydrogens (tertiary/aromatic N) is 1. The largest absolute Gasteiger partial charge is 0.459 e. The number of aromatic amines is 1. The Labute approximate surface area is 176 Å². The smallest absolute Gasteiger partial charge is 0.410 e. The highest BCUT2D eigenvalue weighted by Gasteiger charge is 2.32. The lowest BCUT2D eigenvalue weighted by molar-refractivity contribution is -0.150. The Morgan fingerprint density at radius 3 is 2.40 bits per heavy atom. The average molecular weight is 408 g/mol. The van der Waals surface area contributed by atoms with E-state index < -0.39 is 23.7 Å². The van der Waals surface area contributed by atoms with Crippen molar-refractivity contribution in [3.8, 4) is 0 Å². The lowest BCUT2D eigenvalue weighted by Crippen LogP contribution is -2.46. The molecule has 1 N–H and O–H groups in total. The van der Waals surface area contributed by atoms with Crippen molar-refractivity contribution >= 4 is 23.0 Å². The van der Waals surface area contributed by atoms with Crippen LogP contribution < -0.4 is 0 Å². The molecule has 6 heteroatoms. The van der Waals surface area contributed by atoms with Gasteiger partial charge in [0.15, 0.2) is 0 Å². The number of hydrogen-bond acceptors (Lipinski definition) is 4. The van der Waals surface area contributed by atoms with Crippen molar-refractivity contribution in [3.05, 3.63) is 71.9 Å². The summed E-state index contributed by atoms with van der Waals surface area (Å²) in [5, 5.41) is 1.01. The van der Waals surface area contributed by atoms with E-state index >= 15 is 0 Å². The highest BCUT2D eigenvalue weighted by Crippen LogP contribution is 2.22. The van der Waals surface area contributed by atoms with Crippen LogP contribution >= 0.6 is 0 Å². The molecule has 0 aliphatic heterocycles. The molecular formula is C24H28N2O4. The van der Waals surface area contributed by atoms with E-state index in [1.165, 1.54) is 4.90 Å². The summed E-state index contributed by atoms with van der Waals surface area (Å²) in [6, 6.07) is 16.5. The van der Waals surface area contributed by atoms with Gasteiger partial charge in [-0.3, -0.25) is 4.90 Å². The number of carbonyl (C=O) groups is 2. The Bertz CT molecular complexity index is 1000. The third-order valence-electron chi connectivity index (χ3n) is 4.73. The van der Waals surface area contributed by atoms with Crippen LogP contribution in [0.2, 0.25) is 0 Å². The molecule has 2 aromatic carbocycles. The molecule has 0 spiro atoms. The second-order valence-electron chi connectivity index (χ2n) is 8.26. The Kier molecular flexibility index (Phi) is 6.45. The van der Waals surface area contributed by atoms with Crippen molar-refractivity contribution in [2.75, 3.05) is 7.05 Å². The molecule has 6 nitrogen and oxygen atoms in total. The van der Waals surface area contributed by atoms with Crippen LogP contribution in [0.3, 0.4) is 0 Å². The van der Waals surface area contributed by atoms with Gasteiger partial charge in [-0.15, -0.1) is 0 Å². The van der Waals surface area contributed by atoms with Gasteiger partial charge in [0.2, 0.25) is 0 Å². The summed E-state index contributed by atoms with van der Waals surface area (Å²) in [4.78, 5) is 30.2. The fraction of sp³-hybridized carbons (Fsp3) is 0.333. The van der Waals surface area contributed by atoms with E-state index in [1.807, 2.05) is 60.8 Å². The number of aromatic nitrogens is 1. The summed E-state index contributed by atoms with van der Waals surface area (Å²) in [5.74, 6) is -0.475. The van der Waals surface area contributed by atoms with E-state index in [-0.39, 0.29) is 6.61 Å². The third kappa shape index (κ3) is 5.41. The van der Waals surface area contributed by atoms with E-state index in [1.54, 1.807) is 27.8 Å². The van der Waals surface area contributed by atoms with Crippen molar-refractivity contribution in [1.29, 1.82) is 0 Å². The molecule has 1 atom stereocenters. The molecule has 1 aromatic heterocycles. The molecule has 0 aliphatic carbocycles. The maximum Gasteiger partial charge on any atom is 0.410 e. The highest BCUT2D eigenvalue weighted by molar-refractivity contribution is 5.86. The van der Waals surface area contributed by atoms with Crippen LogP contribution in [-0.2, 0) is 27.3 Å². The molecular weight excluding hydrogens is 380 g/mol. The molecule has 0 fully saturated rings. The molecule has 30 heavy (non-hydrogen) atoms. The number of rotatable bonds is 6. The first-order valence-electron chi connectivity index (χ1n) is 9.96. The Hall–Kier alpha value is -3.28. The van der Waals surface area contributed by atoms with Crippen LogP contribution in [0.1, 0.15) is 31.9 Å². The number of carbonyl (C=O) groups excluding carboxylic acids is 2. The second-order valence-corrected chi connectivity index (χ2v) is 8.26. The van der Waals surface area contributed by atoms with Crippen LogP contribution in [-0.4, -0.2) is 40.6 Å². The molecule has 3 rings (SSSR count). The van der Waals surface area contributed by atoms with Gasteiger partial charge in [-0.25, -0.2) is 9.59 Å². The maximum absolute atomic E-state index is 13.0. The number of esters is 1. The molecule has 0 saturated carbocycles. The van der Waals surface area contributed by atoms with Crippen LogP contribution in [0.4, 0.5) is 4.79 Å². The van der Waals surface area contributed by atoms with Crippen molar-refractivity contribution in [2.45, 2.75) is 45.4 Å². The number of ether oxygens (including phenoxy) is 2. The van der Waals surface area contributed by atoms with Gasteiger partial charge < -0.3 is 14.5 Å². The zero-order chi connectivity index (χ0) is 21.7. The molecule has 0 radical (unpaired) electrons. The number of hydrogen-bond donors (Lipinski definition) is 1. The zero-order valence-electron chi connectivity index (χ0n) is 17.8. The van der Waals surface area contributed by atoms with E-state index in [2.05, 4.69) is 4.98 Å². The van der Waals surface area contributed by atoms with Crippen molar-refractivity contribution in [3.63, 3.8) is 0 Å². The van der Waals surface area contributed by atoms with Crippen molar-refractivity contribution in [2.24, 2.45) is 0 Å². The quantitative estimate of drug-likeness (QED) is 0.601. The first-order valence-corrected chi connectivity index (χ1v) is 9.96. The van der Waals surface area contributed by atoms with E-state index in [9.17, 15) is 9.59 Å². The fourth-order valence-corrected chi connectivity index (χ4v) is 3.17. The van der Waals surface area contributed by atoms with Crippen molar-refractivity contribution in [1.82, 2.24) is 9.88 Å². The minimum atomic E-state index is -0.817. The fourth-order valence-electron chi connectivity index (χ4n) is 3.17. The van der Waals surface area contributed by atoms with Gasteiger partial charge >= 0.3 is 12.1 Å².